The number of phenolic OH excluding ortho intramolecular Hbond substituents is 1. The monoisotopic (exact) mass is 590 g/mol. The molecule has 0 atom stereocenters. The first-order valence-corrected chi connectivity index (χ1v) is 16.4. The summed E-state index contributed by atoms with van der Waals surface area (Å²) in [5, 5.41) is 22.3. The maximum absolute atomic E-state index is 11.5. The minimum absolute atomic E-state index is 0.0926. The number of para-hydroxylation sites is 1. The van der Waals surface area contributed by atoms with E-state index in [1.807, 2.05) is 31.3 Å². The summed E-state index contributed by atoms with van der Waals surface area (Å²) in [5.41, 5.74) is 8.48. The quantitative estimate of drug-likeness (QED) is 0.405. The van der Waals surface area contributed by atoms with E-state index in [0.717, 1.165) is 69.7 Å². The molecule has 10 heteroatoms. The van der Waals surface area contributed by atoms with E-state index in [9.17, 15) is 9.90 Å². The molecule has 6 rings (SSSR count). The Kier molecular flexibility index (Phi) is 9.07. The lowest BCUT2D eigenvalue weighted by atomic mass is 9.56. The van der Waals surface area contributed by atoms with Gasteiger partial charge in [0.25, 0.3) is 0 Å². The van der Waals surface area contributed by atoms with Gasteiger partial charge in [-0.1, -0.05) is 12.1 Å². The van der Waals surface area contributed by atoms with Gasteiger partial charge in [-0.2, -0.15) is 0 Å². The number of nitrogens with two attached hydrogens (primary N) is 1. The van der Waals surface area contributed by atoms with Crippen LogP contribution in [-0.4, -0.2) is 114 Å². The molecule has 1 aromatic heterocycles. The lowest BCUT2D eigenvalue weighted by Gasteiger charge is -2.56. The van der Waals surface area contributed by atoms with E-state index in [0.29, 0.717) is 22.7 Å². The van der Waals surface area contributed by atoms with Crippen LogP contribution in [-0.2, 0) is 4.79 Å². The maximum atomic E-state index is 11.5. The van der Waals surface area contributed by atoms with Crippen LogP contribution in [0.4, 0.5) is 11.5 Å². The number of nitrogens with one attached hydrogen (secondary N) is 1. The first-order valence-electron chi connectivity index (χ1n) is 16.4. The van der Waals surface area contributed by atoms with Gasteiger partial charge in [0.2, 0.25) is 5.91 Å². The summed E-state index contributed by atoms with van der Waals surface area (Å²) in [6.07, 6.45) is 9.57. The van der Waals surface area contributed by atoms with Crippen LogP contribution in [0.15, 0.2) is 30.3 Å². The number of carbonyl (C=O) groups is 1. The highest BCUT2D eigenvalue weighted by molar-refractivity contribution is 5.76. The Hall–Kier alpha value is -2.95. The van der Waals surface area contributed by atoms with Gasteiger partial charge < -0.3 is 30.9 Å². The van der Waals surface area contributed by atoms with Crippen LogP contribution in [0.25, 0.3) is 11.3 Å². The molecule has 3 heterocycles. The minimum Gasteiger partial charge on any atom is -0.507 e. The largest absolute Gasteiger partial charge is 0.507 e. The standard InChI is InChI=1S/C33H50N8O2/c1-35-32-29(21-28(36-37-32)27-5-3-4-6-30(27)42)41-19-17-39(18-20-41)16-15-38(2)25-9-13-40(14-10-25)26-22-33(23-26)11-7-24(8-12-33)31(34)43/h3-6,21,24-26,42H,7-20,22-23H2,1-2H3,(H2,34,43)(H,35,37). The number of aromatic nitrogens is 2. The van der Waals surface area contributed by atoms with Crippen LogP contribution in [0.1, 0.15) is 51.4 Å². The number of likely N-dealkylation sites (tertiary alicyclic amines) is 1. The average molecular weight is 591 g/mol. The summed E-state index contributed by atoms with van der Waals surface area (Å²) in [4.78, 5) is 21.9. The van der Waals surface area contributed by atoms with Gasteiger partial charge in [0.15, 0.2) is 5.82 Å². The van der Waals surface area contributed by atoms with Crippen LogP contribution in [0.5, 0.6) is 5.75 Å². The molecule has 1 amide bonds. The summed E-state index contributed by atoms with van der Waals surface area (Å²) in [7, 11) is 4.19. The summed E-state index contributed by atoms with van der Waals surface area (Å²) < 4.78 is 0. The number of hydrogen-bond acceptors (Lipinski definition) is 9. The Bertz CT molecular complexity index is 1240. The zero-order valence-corrected chi connectivity index (χ0v) is 26.0. The van der Waals surface area contributed by atoms with Gasteiger partial charge in [-0.15, -0.1) is 10.2 Å². The summed E-state index contributed by atoms with van der Waals surface area (Å²) in [6, 6.07) is 10.8. The second-order valence-corrected chi connectivity index (χ2v) is 13.5. The Morgan fingerprint density at radius 3 is 2.40 bits per heavy atom. The van der Waals surface area contributed by atoms with Crippen molar-refractivity contribution >= 4 is 17.4 Å². The van der Waals surface area contributed by atoms with E-state index in [4.69, 9.17) is 5.73 Å². The molecule has 0 radical (unpaired) electrons. The number of likely N-dealkylation sites (N-methyl/N-ethyl adjacent to an activating group) is 1. The van der Waals surface area contributed by atoms with Crippen LogP contribution >= 0.6 is 0 Å². The number of benzene rings is 1. The number of phenols is 1. The fourth-order valence-electron chi connectivity index (χ4n) is 8.13. The number of aromatic hydroxyl groups is 1. The van der Waals surface area contributed by atoms with Crippen molar-refractivity contribution in [3.05, 3.63) is 30.3 Å². The Morgan fingerprint density at radius 1 is 1.05 bits per heavy atom. The van der Waals surface area contributed by atoms with Crippen molar-refractivity contribution in [3.63, 3.8) is 0 Å². The van der Waals surface area contributed by atoms with Crippen molar-refractivity contribution in [2.45, 2.75) is 63.5 Å². The molecule has 2 saturated carbocycles. The fraction of sp³-hybridized carbons (Fsp3) is 0.667. The number of piperazine rings is 1. The molecule has 10 nitrogen and oxygen atoms in total. The third-order valence-electron chi connectivity index (χ3n) is 11.1. The number of amides is 1. The van der Waals surface area contributed by atoms with Crippen LogP contribution in [0.3, 0.4) is 0 Å². The van der Waals surface area contributed by atoms with Crippen molar-refractivity contribution in [2.75, 3.05) is 76.7 Å². The Labute approximate surface area is 256 Å². The normalized spacial score (nSPS) is 27.4. The third kappa shape index (κ3) is 6.61. The molecule has 4 aliphatic rings. The van der Waals surface area contributed by atoms with E-state index >= 15 is 0 Å². The van der Waals surface area contributed by atoms with Crippen LogP contribution < -0.4 is 16.0 Å². The number of nitrogens with zero attached hydrogens (tertiary/aromatic N) is 6. The molecular formula is C33H50N8O2. The Balaban J connectivity index is 0.925. The van der Waals surface area contributed by atoms with Crippen molar-refractivity contribution < 1.29 is 9.90 Å². The topological polar surface area (TPSA) is 114 Å². The predicted octanol–water partition coefficient (Wildman–Crippen LogP) is 3.23. The fourth-order valence-corrected chi connectivity index (χ4v) is 8.13. The summed E-state index contributed by atoms with van der Waals surface area (Å²) >= 11 is 0. The number of rotatable bonds is 9. The molecular weight excluding hydrogens is 540 g/mol. The van der Waals surface area contributed by atoms with E-state index in [1.54, 1.807) is 6.07 Å². The molecule has 4 fully saturated rings. The van der Waals surface area contributed by atoms with Gasteiger partial charge in [-0.05, 0) is 95.1 Å². The Morgan fingerprint density at radius 2 is 1.74 bits per heavy atom. The van der Waals surface area contributed by atoms with E-state index in [1.165, 1.54) is 51.6 Å². The van der Waals surface area contributed by atoms with Crippen LogP contribution in [0.2, 0.25) is 0 Å². The highest BCUT2D eigenvalue weighted by Gasteiger charge is 2.48. The predicted molar refractivity (Wildman–Crippen MR) is 171 cm³/mol. The molecule has 234 valence electrons. The summed E-state index contributed by atoms with van der Waals surface area (Å²) in [6.45, 7) is 8.56. The molecule has 1 spiro atoms. The molecule has 2 aliphatic carbocycles. The molecule has 4 N–H and O–H groups in total. The molecule has 1 aromatic carbocycles. The van der Waals surface area contributed by atoms with Gasteiger partial charge in [-0.25, -0.2) is 0 Å². The third-order valence-corrected chi connectivity index (χ3v) is 11.1. The number of carbonyl (C=O) groups excluding carboxylic acids is 1. The second-order valence-electron chi connectivity index (χ2n) is 13.5. The zero-order valence-electron chi connectivity index (χ0n) is 26.0. The molecule has 2 saturated heterocycles. The highest BCUT2D eigenvalue weighted by atomic mass is 16.3. The first kappa shape index (κ1) is 30.1. The van der Waals surface area contributed by atoms with Crippen molar-refractivity contribution in [1.29, 1.82) is 0 Å². The first-order chi connectivity index (χ1) is 20.8. The second kappa shape index (κ2) is 13.0. The molecule has 0 unspecified atom stereocenters. The van der Waals surface area contributed by atoms with Crippen molar-refractivity contribution in [1.82, 2.24) is 24.9 Å². The van der Waals surface area contributed by atoms with Gasteiger partial charge in [0, 0.05) is 69.9 Å². The number of primary amides is 1. The molecule has 2 aromatic rings. The number of hydrogen-bond donors (Lipinski definition) is 3. The smallest absolute Gasteiger partial charge is 0.220 e. The molecule has 0 bridgehead atoms. The number of anilines is 2. The van der Waals surface area contributed by atoms with Gasteiger partial charge in [-0.3, -0.25) is 9.69 Å². The van der Waals surface area contributed by atoms with E-state index < -0.39 is 0 Å². The molecule has 2 aliphatic heterocycles. The maximum Gasteiger partial charge on any atom is 0.220 e. The highest BCUT2D eigenvalue weighted by Crippen LogP contribution is 2.54. The van der Waals surface area contributed by atoms with E-state index in [-0.39, 0.29) is 17.6 Å². The van der Waals surface area contributed by atoms with Crippen molar-refractivity contribution in [3.8, 4) is 17.0 Å². The van der Waals surface area contributed by atoms with E-state index in [2.05, 4.69) is 42.2 Å². The van der Waals surface area contributed by atoms with Gasteiger partial charge >= 0.3 is 0 Å². The van der Waals surface area contributed by atoms with Crippen molar-refractivity contribution in [2.24, 2.45) is 17.1 Å². The molecule has 43 heavy (non-hydrogen) atoms. The number of piperidine rings is 1. The van der Waals surface area contributed by atoms with Gasteiger partial charge in [0.05, 0.1) is 11.4 Å². The summed E-state index contributed by atoms with van der Waals surface area (Å²) in [5.74, 6) is 1.02. The SMILES string of the molecule is CNc1nnc(-c2ccccc2O)cc1N1CCN(CCN(C)C2CCN(C3CC4(CCC(C(N)=O)CC4)C3)CC2)CC1. The lowest BCUT2D eigenvalue weighted by Crippen LogP contribution is -2.56. The average Bonchev–Trinajstić information content (AvgIpc) is 3.03. The minimum atomic E-state index is -0.0926. The zero-order chi connectivity index (χ0) is 30.0. The lowest BCUT2D eigenvalue weighted by molar-refractivity contribution is -0.125. The van der Waals surface area contributed by atoms with Crippen LogP contribution in [0, 0.1) is 11.3 Å². The van der Waals surface area contributed by atoms with Gasteiger partial charge in [0.1, 0.15) is 5.75 Å².